The van der Waals surface area contributed by atoms with E-state index in [0.717, 1.165) is 6.42 Å². The van der Waals surface area contributed by atoms with Gasteiger partial charge in [-0.1, -0.05) is 68.3 Å². The third-order valence-electron chi connectivity index (χ3n) is 3.70. The maximum atomic E-state index is 2.31. The zero-order valence-corrected chi connectivity index (χ0v) is 12.7. The van der Waals surface area contributed by atoms with Crippen LogP contribution in [0.2, 0.25) is 0 Å². The van der Waals surface area contributed by atoms with Gasteiger partial charge in [0.15, 0.2) is 0 Å². The van der Waals surface area contributed by atoms with Gasteiger partial charge in [-0.3, -0.25) is 0 Å². The fourth-order valence-corrected chi connectivity index (χ4v) is 2.87. The van der Waals surface area contributed by atoms with Gasteiger partial charge in [0, 0.05) is 0 Å². The molecule has 0 atom stereocenters. The highest BCUT2D eigenvalue weighted by Gasteiger charge is 2.12. The highest BCUT2D eigenvalue weighted by atomic mass is 14.2. The van der Waals surface area contributed by atoms with E-state index in [0.29, 0.717) is 5.92 Å². The molecule has 0 saturated carbocycles. The molecular formula is C19H24. The smallest absolute Gasteiger partial charge is 0.0117 e. The van der Waals surface area contributed by atoms with Crippen LogP contribution in [-0.4, -0.2) is 0 Å². The van der Waals surface area contributed by atoms with Crippen LogP contribution < -0.4 is 0 Å². The second kappa shape index (κ2) is 5.61. The van der Waals surface area contributed by atoms with E-state index in [2.05, 4.69) is 71.0 Å². The van der Waals surface area contributed by atoms with E-state index in [4.69, 9.17) is 0 Å². The molecule has 19 heavy (non-hydrogen) atoms. The van der Waals surface area contributed by atoms with Crippen molar-refractivity contribution in [2.24, 2.45) is 0 Å². The summed E-state index contributed by atoms with van der Waals surface area (Å²) in [6.07, 6.45) is 1.09. The lowest BCUT2D eigenvalue weighted by Gasteiger charge is -2.18. The van der Waals surface area contributed by atoms with Crippen molar-refractivity contribution in [3.63, 3.8) is 0 Å². The van der Waals surface area contributed by atoms with Crippen LogP contribution in [0.5, 0.6) is 0 Å². The number of aryl methyl sites for hydroxylation is 3. The Hall–Kier alpha value is -1.56. The van der Waals surface area contributed by atoms with Gasteiger partial charge < -0.3 is 0 Å². The fourth-order valence-electron chi connectivity index (χ4n) is 2.87. The molecule has 0 heterocycles. The standard InChI is InChI=1S/C19H24/c1-6-16-8-7-9-18(13(2)3)19(16)17-11-14(4)10-15(5)12-17/h7-13H,6H2,1-5H3. The van der Waals surface area contributed by atoms with Gasteiger partial charge in [0.2, 0.25) is 0 Å². The molecule has 2 rings (SSSR count). The summed E-state index contributed by atoms with van der Waals surface area (Å²) in [6.45, 7) is 11.2. The Morgan fingerprint density at radius 2 is 1.58 bits per heavy atom. The SMILES string of the molecule is CCc1cccc(C(C)C)c1-c1cc(C)cc(C)c1. The Morgan fingerprint density at radius 3 is 2.11 bits per heavy atom. The first-order chi connectivity index (χ1) is 9.02. The molecule has 0 bridgehead atoms. The Kier molecular flexibility index (Phi) is 4.09. The average molecular weight is 252 g/mol. The summed E-state index contributed by atoms with van der Waals surface area (Å²) in [6, 6.07) is 13.6. The molecule has 0 aliphatic rings. The first-order valence-electron chi connectivity index (χ1n) is 7.23. The normalized spacial score (nSPS) is 11.1. The molecule has 0 heteroatoms. The van der Waals surface area contributed by atoms with Crippen molar-refractivity contribution in [3.05, 3.63) is 58.7 Å². The van der Waals surface area contributed by atoms with Crippen molar-refractivity contribution in [2.45, 2.75) is 47.0 Å². The Balaban J connectivity index is 2.71. The van der Waals surface area contributed by atoms with Gasteiger partial charge in [0.05, 0.1) is 0 Å². The molecule has 2 aromatic carbocycles. The van der Waals surface area contributed by atoms with Gasteiger partial charge in [-0.15, -0.1) is 0 Å². The van der Waals surface area contributed by atoms with E-state index in [9.17, 15) is 0 Å². The van der Waals surface area contributed by atoms with E-state index in [1.54, 1.807) is 0 Å². The second-order valence-corrected chi connectivity index (χ2v) is 5.77. The molecule has 0 unspecified atom stereocenters. The van der Waals surface area contributed by atoms with Gasteiger partial charge in [0.25, 0.3) is 0 Å². The average Bonchev–Trinajstić information content (AvgIpc) is 2.36. The molecule has 0 fully saturated rings. The zero-order chi connectivity index (χ0) is 14.0. The van der Waals surface area contributed by atoms with Crippen molar-refractivity contribution in [2.75, 3.05) is 0 Å². The van der Waals surface area contributed by atoms with Crippen molar-refractivity contribution in [1.29, 1.82) is 0 Å². The minimum absolute atomic E-state index is 0.558. The molecule has 0 saturated heterocycles. The van der Waals surface area contributed by atoms with E-state index >= 15 is 0 Å². The summed E-state index contributed by atoms with van der Waals surface area (Å²) in [5, 5.41) is 0. The molecule has 0 aliphatic carbocycles. The maximum absolute atomic E-state index is 2.31. The van der Waals surface area contributed by atoms with Gasteiger partial charge >= 0.3 is 0 Å². The van der Waals surface area contributed by atoms with Crippen molar-refractivity contribution >= 4 is 0 Å². The minimum atomic E-state index is 0.558. The summed E-state index contributed by atoms with van der Waals surface area (Å²) in [4.78, 5) is 0. The van der Waals surface area contributed by atoms with Crippen LogP contribution in [0.25, 0.3) is 11.1 Å². The topological polar surface area (TPSA) is 0 Å². The van der Waals surface area contributed by atoms with E-state index in [-0.39, 0.29) is 0 Å². The van der Waals surface area contributed by atoms with Crippen LogP contribution in [0.1, 0.15) is 48.9 Å². The van der Waals surface area contributed by atoms with Crippen LogP contribution in [0.4, 0.5) is 0 Å². The monoisotopic (exact) mass is 252 g/mol. The van der Waals surface area contributed by atoms with Crippen LogP contribution in [0.3, 0.4) is 0 Å². The van der Waals surface area contributed by atoms with Gasteiger partial charge in [-0.2, -0.15) is 0 Å². The lowest BCUT2D eigenvalue weighted by atomic mass is 9.87. The largest absolute Gasteiger partial charge is 0.0617 e. The van der Waals surface area contributed by atoms with Crippen LogP contribution in [-0.2, 0) is 6.42 Å². The van der Waals surface area contributed by atoms with E-state index in [1.807, 2.05) is 0 Å². The molecule has 2 aromatic rings. The van der Waals surface area contributed by atoms with Gasteiger partial charge in [-0.05, 0) is 48.4 Å². The van der Waals surface area contributed by atoms with Crippen LogP contribution in [0.15, 0.2) is 36.4 Å². The predicted molar refractivity (Wildman–Crippen MR) is 84.8 cm³/mol. The summed E-state index contributed by atoms with van der Waals surface area (Å²) < 4.78 is 0. The van der Waals surface area contributed by atoms with E-state index < -0.39 is 0 Å². The van der Waals surface area contributed by atoms with Crippen molar-refractivity contribution in [3.8, 4) is 11.1 Å². The molecule has 100 valence electrons. The number of rotatable bonds is 3. The van der Waals surface area contributed by atoms with Crippen LogP contribution >= 0.6 is 0 Å². The predicted octanol–water partition coefficient (Wildman–Crippen LogP) is 5.66. The molecule has 0 aromatic heterocycles. The van der Waals surface area contributed by atoms with E-state index in [1.165, 1.54) is 33.4 Å². The van der Waals surface area contributed by atoms with Crippen molar-refractivity contribution in [1.82, 2.24) is 0 Å². The minimum Gasteiger partial charge on any atom is -0.0617 e. The quantitative estimate of drug-likeness (QED) is 0.661. The molecule has 0 N–H and O–H groups in total. The first kappa shape index (κ1) is 13.9. The summed E-state index contributed by atoms with van der Waals surface area (Å²) in [5.41, 5.74) is 8.43. The summed E-state index contributed by atoms with van der Waals surface area (Å²) in [7, 11) is 0. The van der Waals surface area contributed by atoms with Gasteiger partial charge in [0.1, 0.15) is 0 Å². The lowest BCUT2D eigenvalue weighted by molar-refractivity contribution is 0.865. The Labute approximate surface area is 117 Å². The fraction of sp³-hybridized carbons (Fsp3) is 0.368. The molecule has 0 aliphatic heterocycles. The van der Waals surface area contributed by atoms with Gasteiger partial charge in [-0.25, -0.2) is 0 Å². The van der Waals surface area contributed by atoms with Crippen molar-refractivity contribution < 1.29 is 0 Å². The highest BCUT2D eigenvalue weighted by Crippen LogP contribution is 2.33. The summed E-state index contributed by atoms with van der Waals surface area (Å²) in [5.74, 6) is 0.558. The highest BCUT2D eigenvalue weighted by molar-refractivity contribution is 5.73. The third kappa shape index (κ3) is 2.89. The maximum Gasteiger partial charge on any atom is -0.0117 e. The number of hydrogen-bond donors (Lipinski definition) is 0. The zero-order valence-electron chi connectivity index (χ0n) is 12.7. The Morgan fingerprint density at radius 1 is 0.947 bits per heavy atom. The molecule has 0 spiro atoms. The first-order valence-corrected chi connectivity index (χ1v) is 7.23. The number of benzene rings is 2. The molecule has 0 amide bonds. The van der Waals surface area contributed by atoms with Crippen LogP contribution in [0, 0.1) is 13.8 Å². The molecule has 0 nitrogen and oxygen atoms in total. The molecular weight excluding hydrogens is 228 g/mol. The molecule has 0 radical (unpaired) electrons. The lowest BCUT2D eigenvalue weighted by Crippen LogP contribution is -1.98. The third-order valence-corrected chi connectivity index (χ3v) is 3.70. The number of hydrogen-bond acceptors (Lipinski definition) is 0. The Bertz CT molecular complexity index is 556. The summed E-state index contributed by atoms with van der Waals surface area (Å²) >= 11 is 0. The second-order valence-electron chi connectivity index (χ2n) is 5.77.